The van der Waals surface area contributed by atoms with Crippen LogP contribution in [0.5, 0.6) is 0 Å². The molecule has 0 bridgehead atoms. The molecule has 0 aliphatic carbocycles. The summed E-state index contributed by atoms with van der Waals surface area (Å²) in [5, 5.41) is 5.15. The zero-order chi connectivity index (χ0) is 21.3. The summed E-state index contributed by atoms with van der Waals surface area (Å²) in [6.07, 6.45) is 0.511. The number of carbonyl (C=O) groups excluding carboxylic acids is 4. The fraction of sp³-hybridized carbons (Fsp3) is 0.273. The zero-order valence-corrected chi connectivity index (χ0v) is 16.3. The monoisotopic (exact) mass is 406 g/mol. The first-order valence-corrected chi connectivity index (χ1v) is 9.80. The number of rotatable bonds is 5. The molecule has 4 N–H and O–H groups in total. The summed E-state index contributed by atoms with van der Waals surface area (Å²) in [4.78, 5) is 50.2. The molecular weight excluding hydrogens is 384 g/mol. The lowest BCUT2D eigenvalue weighted by molar-refractivity contribution is -0.136. The highest BCUT2D eigenvalue weighted by Crippen LogP contribution is 2.28. The maximum Gasteiger partial charge on any atom is 0.255 e. The molecule has 0 spiro atoms. The van der Waals surface area contributed by atoms with E-state index in [4.69, 9.17) is 5.73 Å². The second-order valence-corrected chi connectivity index (χ2v) is 7.48. The fourth-order valence-corrected chi connectivity index (χ4v) is 3.79. The van der Waals surface area contributed by atoms with Crippen LogP contribution in [0.1, 0.15) is 50.2 Å². The van der Waals surface area contributed by atoms with Gasteiger partial charge in [0.1, 0.15) is 6.04 Å². The number of amides is 4. The number of fused-ring (bicyclic) bond motifs is 1. The van der Waals surface area contributed by atoms with Gasteiger partial charge in [-0.2, -0.15) is 0 Å². The van der Waals surface area contributed by atoms with E-state index in [2.05, 4.69) is 10.6 Å². The highest BCUT2D eigenvalue weighted by molar-refractivity contribution is 6.06. The van der Waals surface area contributed by atoms with Crippen LogP contribution in [-0.4, -0.2) is 34.6 Å². The third-order valence-electron chi connectivity index (χ3n) is 5.50. The van der Waals surface area contributed by atoms with Crippen molar-refractivity contribution in [1.82, 2.24) is 15.5 Å². The Hall–Kier alpha value is -3.52. The molecule has 8 heteroatoms. The number of carbonyl (C=O) groups is 4. The Bertz CT molecular complexity index is 1030. The molecule has 0 saturated carbocycles. The molecule has 0 radical (unpaired) electrons. The third kappa shape index (κ3) is 3.81. The number of hydrogen-bond donors (Lipinski definition) is 3. The Morgan fingerprint density at radius 2 is 1.83 bits per heavy atom. The highest BCUT2D eigenvalue weighted by Gasteiger charge is 2.39. The smallest absolute Gasteiger partial charge is 0.255 e. The molecule has 2 aromatic rings. The summed E-state index contributed by atoms with van der Waals surface area (Å²) in [6.45, 7) is 1.08. The van der Waals surface area contributed by atoms with E-state index < -0.39 is 11.9 Å². The van der Waals surface area contributed by atoms with Crippen LogP contribution in [0.4, 0.5) is 0 Å². The number of imide groups is 1. The third-order valence-corrected chi connectivity index (χ3v) is 5.50. The van der Waals surface area contributed by atoms with E-state index in [0.29, 0.717) is 36.2 Å². The SMILES string of the molecule is NCc1ccc(CNC(=O)c2ccc3c(c2)CN(C2CCC(=O)NC2=O)C3=O)cc1. The molecule has 2 aromatic carbocycles. The molecule has 154 valence electrons. The van der Waals surface area contributed by atoms with Gasteiger partial charge in [-0.3, -0.25) is 24.5 Å². The molecular formula is C22H22N4O4. The van der Waals surface area contributed by atoms with Crippen LogP contribution in [0.25, 0.3) is 0 Å². The van der Waals surface area contributed by atoms with Crippen LogP contribution >= 0.6 is 0 Å². The number of benzene rings is 2. The van der Waals surface area contributed by atoms with Crippen molar-refractivity contribution < 1.29 is 19.2 Å². The second-order valence-electron chi connectivity index (χ2n) is 7.48. The van der Waals surface area contributed by atoms with Gasteiger partial charge in [-0.25, -0.2) is 0 Å². The first-order chi connectivity index (χ1) is 14.5. The minimum absolute atomic E-state index is 0.205. The average Bonchev–Trinajstić information content (AvgIpc) is 3.08. The van der Waals surface area contributed by atoms with Crippen LogP contribution in [0.3, 0.4) is 0 Å². The second kappa shape index (κ2) is 8.08. The highest BCUT2D eigenvalue weighted by atomic mass is 16.2. The standard InChI is InChI=1S/C22H22N4O4/c23-10-13-1-3-14(4-2-13)11-24-20(28)15-5-6-17-16(9-15)12-26(22(17)30)18-7-8-19(27)25-21(18)29/h1-6,9,18H,7-8,10-12,23H2,(H,24,28)(H,25,27,29). The topological polar surface area (TPSA) is 122 Å². The van der Waals surface area contributed by atoms with Crippen molar-refractivity contribution in [2.24, 2.45) is 5.73 Å². The molecule has 4 amide bonds. The number of nitrogens with zero attached hydrogens (tertiary/aromatic N) is 1. The normalized spacial score (nSPS) is 18.2. The number of nitrogens with two attached hydrogens (primary N) is 1. The van der Waals surface area contributed by atoms with Crippen LogP contribution in [0, 0.1) is 0 Å². The molecule has 2 aliphatic rings. The van der Waals surface area contributed by atoms with Crippen molar-refractivity contribution in [3.8, 4) is 0 Å². The minimum Gasteiger partial charge on any atom is -0.348 e. The van der Waals surface area contributed by atoms with Crippen LogP contribution < -0.4 is 16.4 Å². The Morgan fingerprint density at radius 3 is 2.53 bits per heavy atom. The lowest BCUT2D eigenvalue weighted by Gasteiger charge is -2.29. The van der Waals surface area contributed by atoms with E-state index in [1.807, 2.05) is 24.3 Å². The van der Waals surface area contributed by atoms with Gasteiger partial charge in [-0.1, -0.05) is 24.3 Å². The molecule has 1 saturated heterocycles. The average molecular weight is 406 g/mol. The van der Waals surface area contributed by atoms with E-state index in [1.165, 1.54) is 4.90 Å². The van der Waals surface area contributed by atoms with Crippen molar-refractivity contribution in [3.05, 3.63) is 70.3 Å². The van der Waals surface area contributed by atoms with Crippen LogP contribution in [0.2, 0.25) is 0 Å². The maximum atomic E-state index is 12.7. The van der Waals surface area contributed by atoms with Gasteiger partial charge in [0.15, 0.2) is 0 Å². The van der Waals surface area contributed by atoms with Gasteiger partial charge in [0.25, 0.3) is 11.8 Å². The van der Waals surface area contributed by atoms with Gasteiger partial charge in [0.05, 0.1) is 0 Å². The van der Waals surface area contributed by atoms with Crippen molar-refractivity contribution in [2.45, 2.75) is 38.5 Å². The van der Waals surface area contributed by atoms with Crippen LogP contribution in [0.15, 0.2) is 42.5 Å². The summed E-state index contributed by atoms with van der Waals surface area (Å²) in [6, 6.07) is 11.9. The summed E-state index contributed by atoms with van der Waals surface area (Å²) in [5.74, 6) is -1.28. The first-order valence-electron chi connectivity index (χ1n) is 9.80. The fourth-order valence-electron chi connectivity index (χ4n) is 3.79. The Labute approximate surface area is 173 Å². The molecule has 1 unspecified atom stereocenters. The predicted molar refractivity (Wildman–Crippen MR) is 108 cm³/mol. The largest absolute Gasteiger partial charge is 0.348 e. The first kappa shape index (κ1) is 19.8. The van der Waals surface area contributed by atoms with Crippen molar-refractivity contribution >= 4 is 23.6 Å². The lowest BCUT2D eigenvalue weighted by Crippen LogP contribution is -2.52. The van der Waals surface area contributed by atoms with Gasteiger partial charge in [-0.15, -0.1) is 0 Å². The Kier molecular flexibility index (Phi) is 5.33. The quantitative estimate of drug-likeness (QED) is 0.635. The van der Waals surface area contributed by atoms with Crippen molar-refractivity contribution in [2.75, 3.05) is 0 Å². The van der Waals surface area contributed by atoms with Gasteiger partial charge < -0.3 is 16.0 Å². The van der Waals surface area contributed by atoms with Crippen molar-refractivity contribution in [3.63, 3.8) is 0 Å². The molecule has 8 nitrogen and oxygen atoms in total. The summed E-state index contributed by atoms with van der Waals surface area (Å²) < 4.78 is 0. The van der Waals surface area contributed by atoms with E-state index in [9.17, 15) is 19.2 Å². The van der Waals surface area contributed by atoms with Gasteiger partial charge in [0.2, 0.25) is 11.8 Å². The summed E-state index contributed by atoms with van der Waals surface area (Å²) >= 11 is 0. The summed E-state index contributed by atoms with van der Waals surface area (Å²) in [7, 11) is 0. The molecule has 2 heterocycles. The van der Waals surface area contributed by atoms with E-state index in [1.54, 1.807) is 18.2 Å². The zero-order valence-electron chi connectivity index (χ0n) is 16.3. The van der Waals surface area contributed by atoms with Gasteiger partial charge >= 0.3 is 0 Å². The molecule has 30 heavy (non-hydrogen) atoms. The molecule has 4 rings (SSSR count). The molecule has 2 aliphatic heterocycles. The van der Waals surface area contributed by atoms with Crippen LogP contribution in [-0.2, 0) is 29.2 Å². The maximum absolute atomic E-state index is 12.7. The Morgan fingerprint density at radius 1 is 1.10 bits per heavy atom. The lowest BCUT2D eigenvalue weighted by atomic mass is 10.0. The number of nitrogens with one attached hydrogen (secondary N) is 2. The molecule has 1 fully saturated rings. The van der Waals surface area contributed by atoms with E-state index >= 15 is 0 Å². The predicted octanol–water partition coefficient (Wildman–Crippen LogP) is 0.836. The Balaban J connectivity index is 1.43. The van der Waals surface area contributed by atoms with E-state index in [0.717, 1.165) is 11.1 Å². The summed E-state index contributed by atoms with van der Waals surface area (Å²) in [5.41, 5.74) is 9.20. The van der Waals surface area contributed by atoms with E-state index in [-0.39, 0.29) is 30.7 Å². The molecule has 0 aromatic heterocycles. The van der Waals surface area contributed by atoms with Gasteiger partial charge in [-0.05, 0) is 41.3 Å². The molecule has 1 atom stereocenters. The van der Waals surface area contributed by atoms with Gasteiger partial charge in [0, 0.05) is 37.2 Å². The number of piperidine rings is 1. The minimum atomic E-state index is -0.670. The van der Waals surface area contributed by atoms with Crippen molar-refractivity contribution in [1.29, 1.82) is 0 Å². The number of hydrogen-bond acceptors (Lipinski definition) is 5.